The van der Waals surface area contributed by atoms with Crippen LogP contribution in [-0.2, 0) is 11.8 Å². The van der Waals surface area contributed by atoms with Crippen LogP contribution in [0.5, 0.6) is 5.75 Å². The molecule has 0 aliphatic heterocycles. The highest BCUT2D eigenvalue weighted by molar-refractivity contribution is 5.37. The molecule has 0 radical (unpaired) electrons. The van der Waals surface area contributed by atoms with Crippen molar-refractivity contribution in [2.24, 2.45) is 0 Å². The average molecular weight is 224 g/mol. The second-order valence-corrected chi connectivity index (χ2v) is 5.68. The van der Waals surface area contributed by atoms with Crippen LogP contribution in [0.2, 0.25) is 0 Å². The molecule has 1 aromatic heterocycles. The van der Waals surface area contributed by atoms with Crippen LogP contribution in [0.1, 0.15) is 65.4 Å². The van der Waals surface area contributed by atoms with E-state index in [1.807, 2.05) is 4.68 Å². The third-order valence-electron chi connectivity index (χ3n) is 2.67. The number of aromatic hydroxyl groups is 1. The van der Waals surface area contributed by atoms with Crippen LogP contribution in [0, 0.1) is 0 Å². The SMILES string of the molecule is CCCc1c(O)c(C(C)(C)C)nn1C(C)C. The molecule has 3 heteroatoms. The van der Waals surface area contributed by atoms with E-state index in [0.717, 1.165) is 24.2 Å². The van der Waals surface area contributed by atoms with Crippen molar-refractivity contribution >= 4 is 0 Å². The molecule has 0 amide bonds. The molecule has 0 bridgehead atoms. The topological polar surface area (TPSA) is 38.1 Å². The Hall–Kier alpha value is -0.990. The maximum atomic E-state index is 10.2. The molecule has 0 saturated heterocycles. The highest BCUT2D eigenvalue weighted by Crippen LogP contribution is 2.34. The molecular formula is C13H24N2O. The largest absolute Gasteiger partial charge is 0.504 e. The minimum Gasteiger partial charge on any atom is -0.504 e. The van der Waals surface area contributed by atoms with E-state index in [4.69, 9.17) is 0 Å². The van der Waals surface area contributed by atoms with Gasteiger partial charge < -0.3 is 5.11 Å². The monoisotopic (exact) mass is 224 g/mol. The summed E-state index contributed by atoms with van der Waals surface area (Å²) in [6, 6.07) is 0.295. The van der Waals surface area contributed by atoms with Crippen LogP contribution in [0.4, 0.5) is 0 Å². The van der Waals surface area contributed by atoms with Gasteiger partial charge in [-0.15, -0.1) is 0 Å². The van der Waals surface area contributed by atoms with Crippen molar-refractivity contribution < 1.29 is 5.11 Å². The second kappa shape index (κ2) is 4.48. The highest BCUT2D eigenvalue weighted by Gasteiger charge is 2.26. The molecule has 1 rings (SSSR count). The van der Waals surface area contributed by atoms with Gasteiger partial charge in [0.1, 0.15) is 5.69 Å². The molecular weight excluding hydrogens is 200 g/mol. The summed E-state index contributed by atoms with van der Waals surface area (Å²) in [4.78, 5) is 0. The van der Waals surface area contributed by atoms with E-state index < -0.39 is 0 Å². The van der Waals surface area contributed by atoms with E-state index in [2.05, 4.69) is 46.6 Å². The van der Waals surface area contributed by atoms with E-state index in [1.165, 1.54) is 0 Å². The summed E-state index contributed by atoms with van der Waals surface area (Å²) in [5.74, 6) is 0.392. The highest BCUT2D eigenvalue weighted by atomic mass is 16.3. The quantitative estimate of drug-likeness (QED) is 0.854. The minimum absolute atomic E-state index is 0.104. The Bertz CT molecular complexity index is 359. The molecule has 1 heterocycles. The van der Waals surface area contributed by atoms with Crippen molar-refractivity contribution in [1.29, 1.82) is 0 Å². The van der Waals surface area contributed by atoms with Gasteiger partial charge in [-0.25, -0.2) is 0 Å². The van der Waals surface area contributed by atoms with Gasteiger partial charge in [-0.3, -0.25) is 4.68 Å². The molecule has 92 valence electrons. The van der Waals surface area contributed by atoms with Crippen molar-refractivity contribution in [3.8, 4) is 5.75 Å². The summed E-state index contributed by atoms with van der Waals surface area (Å²) < 4.78 is 1.96. The molecule has 0 fully saturated rings. The van der Waals surface area contributed by atoms with E-state index in [1.54, 1.807) is 0 Å². The van der Waals surface area contributed by atoms with E-state index in [0.29, 0.717) is 11.8 Å². The van der Waals surface area contributed by atoms with Crippen molar-refractivity contribution in [3.05, 3.63) is 11.4 Å². The minimum atomic E-state index is -0.104. The standard InChI is InChI=1S/C13H24N2O/c1-7-8-10-11(16)12(13(4,5)6)14-15(10)9(2)3/h9,16H,7-8H2,1-6H3. The number of rotatable bonds is 3. The average Bonchev–Trinajstić information content (AvgIpc) is 2.44. The zero-order valence-corrected chi connectivity index (χ0v) is 11.3. The van der Waals surface area contributed by atoms with E-state index >= 15 is 0 Å². The predicted molar refractivity (Wildman–Crippen MR) is 67.0 cm³/mol. The summed E-state index contributed by atoms with van der Waals surface area (Å²) >= 11 is 0. The Morgan fingerprint density at radius 1 is 1.31 bits per heavy atom. The normalized spacial score (nSPS) is 12.4. The molecule has 1 aromatic rings. The molecule has 0 aliphatic rings. The molecule has 3 nitrogen and oxygen atoms in total. The summed E-state index contributed by atoms with van der Waals surface area (Å²) in [5.41, 5.74) is 1.68. The van der Waals surface area contributed by atoms with E-state index in [9.17, 15) is 5.11 Å². The van der Waals surface area contributed by atoms with Gasteiger partial charge in [0.25, 0.3) is 0 Å². The van der Waals surface area contributed by atoms with Gasteiger partial charge in [-0.05, 0) is 20.3 Å². The Morgan fingerprint density at radius 3 is 2.25 bits per heavy atom. The molecule has 1 N–H and O–H groups in total. The lowest BCUT2D eigenvalue weighted by atomic mass is 9.91. The molecule has 0 saturated carbocycles. The number of aromatic nitrogens is 2. The Balaban J connectivity index is 3.30. The van der Waals surface area contributed by atoms with Gasteiger partial charge in [-0.2, -0.15) is 5.10 Å². The Morgan fingerprint density at radius 2 is 1.88 bits per heavy atom. The van der Waals surface area contributed by atoms with Crippen molar-refractivity contribution in [1.82, 2.24) is 9.78 Å². The van der Waals surface area contributed by atoms with Gasteiger partial charge in [0.2, 0.25) is 0 Å². The van der Waals surface area contributed by atoms with Crippen molar-refractivity contribution in [2.75, 3.05) is 0 Å². The predicted octanol–water partition coefficient (Wildman–Crippen LogP) is 3.42. The lowest BCUT2D eigenvalue weighted by Gasteiger charge is -2.15. The molecule has 0 unspecified atom stereocenters. The molecule has 16 heavy (non-hydrogen) atoms. The summed E-state index contributed by atoms with van der Waals surface area (Å²) in [6.45, 7) is 12.5. The van der Waals surface area contributed by atoms with Crippen LogP contribution in [0.3, 0.4) is 0 Å². The van der Waals surface area contributed by atoms with E-state index in [-0.39, 0.29) is 5.41 Å². The van der Waals surface area contributed by atoms with Gasteiger partial charge in [-0.1, -0.05) is 34.1 Å². The van der Waals surface area contributed by atoms with Crippen LogP contribution < -0.4 is 0 Å². The van der Waals surface area contributed by atoms with Crippen LogP contribution in [-0.4, -0.2) is 14.9 Å². The Kier molecular flexibility index (Phi) is 3.66. The first-order valence-corrected chi connectivity index (χ1v) is 6.09. The van der Waals surface area contributed by atoms with Crippen LogP contribution >= 0.6 is 0 Å². The number of hydrogen-bond donors (Lipinski definition) is 1. The second-order valence-electron chi connectivity index (χ2n) is 5.68. The third-order valence-corrected chi connectivity index (χ3v) is 2.67. The lowest BCUT2D eigenvalue weighted by molar-refractivity contribution is 0.438. The van der Waals surface area contributed by atoms with Crippen LogP contribution in [0.15, 0.2) is 0 Å². The fraction of sp³-hybridized carbons (Fsp3) is 0.769. The number of hydrogen-bond acceptors (Lipinski definition) is 2. The van der Waals surface area contributed by atoms with Crippen LogP contribution in [0.25, 0.3) is 0 Å². The number of nitrogens with zero attached hydrogens (tertiary/aromatic N) is 2. The zero-order valence-electron chi connectivity index (χ0n) is 11.3. The third kappa shape index (κ3) is 2.39. The van der Waals surface area contributed by atoms with Crippen molar-refractivity contribution in [2.45, 2.75) is 65.8 Å². The smallest absolute Gasteiger partial charge is 0.160 e. The summed E-state index contributed by atoms with van der Waals surface area (Å²) in [5, 5.41) is 14.8. The lowest BCUT2D eigenvalue weighted by Crippen LogP contribution is -2.14. The summed E-state index contributed by atoms with van der Waals surface area (Å²) in [6.07, 6.45) is 1.91. The van der Waals surface area contributed by atoms with Gasteiger partial charge >= 0.3 is 0 Å². The molecule has 0 aromatic carbocycles. The maximum Gasteiger partial charge on any atom is 0.160 e. The Labute approximate surface area is 98.5 Å². The van der Waals surface area contributed by atoms with Gasteiger partial charge in [0.15, 0.2) is 5.75 Å². The van der Waals surface area contributed by atoms with Gasteiger partial charge in [0.05, 0.1) is 5.69 Å². The maximum absolute atomic E-state index is 10.2. The van der Waals surface area contributed by atoms with Gasteiger partial charge in [0, 0.05) is 11.5 Å². The first-order chi connectivity index (χ1) is 7.29. The zero-order chi connectivity index (χ0) is 12.5. The molecule has 0 spiro atoms. The first kappa shape index (κ1) is 13.1. The van der Waals surface area contributed by atoms with Crippen molar-refractivity contribution in [3.63, 3.8) is 0 Å². The molecule has 0 atom stereocenters. The first-order valence-electron chi connectivity index (χ1n) is 6.09. The fourth-order valence-electron chi connectivity index (χ4n) is 1.86. The fourth-order valence-corrected chi connectivity index (χ4v) is 1.86. The molecule has 0 aliphatic carbocycles. The summed E-state index contributed by atoms with van der Waals surface area (Å²) in [7, 11) is 0.